The summed E-state index contributed by atoms with van der Waals surface area (Å²) in [6, 6.07) is 6.46. The lowest BCUT2D eigenvalue weighted by molar-refractivity contribution is 0.411. The van der Waals surface area contributed by atoms with Crippen molar-refractivity contribution in [3.05, 3.63) is 52.3 Å². The summed E-state index contributed by atoms with van der Waals surface area (Å²) in [4.78, 5) is 4.17. The standard InChI is InChI=1S/C14H15BrN2O3S/c1-10-5-6-16-8-11(10)9-17-21(18,19)12-3-4-14(20-2)13(15)7-12/h3-8,17H,9H2,1-2H3. The van der Waals surface area contributed by atoms with E-state index in [1.54, 1.807) is 18.5 Å². The summed E-state index contributed by atoms with van der Waals surface area (Å²) in [7, 11) is -2.06. The maximum atomic E-state index is 12.3. The maximum absolute atomic E-state index is 12.3. The molecule has 0 fully saturated rings. The number of halogens is 1. The topological polar surface area (TPSA) is 68.3 Å². The SMILES string of the molecule is COc1ccc(S(=O)(=O)NCc2cnccc2C)cc1Br. The van der Waals surface area contributed by atoms with Gasteiger partial charge in [-0.1, -0.05) is 0 Å². The lowest BCUT2D eigenvalue weighted by Gasteiger charge is -2.10. The van der Waals surface area contributed by atoms with E-state index in [9.17, 15) is 8.42 Å². The van der Waals surface area contributed by atoms with Crippen LogP contribution < -0.4 is 9.46 Å². The van der Waals surface area contributed by atoms with Crippen molar-refractivity contribution in [2.45, 2.75) is 18.4 Å². The number of nitrogens with zero attached hydrogens (tertiary/aromatic N) is 1. The minimum atomic E-state index is -3.59. The Morgan fingerprint density at radius 2 is 2.10 bits per heavy atom. The summed E-state index contributed by atoms with van der Waals surface area (Å²) in [6.07, 6.45) is 3.33. The van der Waals surface area contributed by atoms with E-state index in [2.05, 4.69) is 25.6 Å². The van der Waals surface area contributed by atoms with Crippen LogP contribution in [0.15, 0.2) is 46.0 Å². The highest BCUT2D eigenvalue weighted by Crippen LogP contribution is 2.27. The molecule has 0 radical (unpaired) electrons. The third-order valence-corrected chi connectivity index (χ3v) is 5.05. The molecule has 1 aromatic heterocycles. The Hall–Kier alpha value is -1.44. The molecule has 0 spiro atoms. The van der Waals surface area contributed by atoms with E-state index in [1.807, 2.05) is 13.0 Å². The number of benzene rings is 1. The molecule has 21 heavy (non-hydrogen) atoms. The highest BCUT2D eigenvalue weighted by Gasteiger charge is 2.16. The minimum Gasteiger partial charge on any atom is -0.496 e. The van der Waals surface area contributed by atoms with Crippen molar-refractivity contribution in [1.29, 1.82) is 0 Å². The van der Waals surface area contributed by atoms with Crippen molar-refractivity contribution in [2.24, 2.45) is 0 Å². The molecule has 0 unspecified atom stereocenters. The molecular weight excluding hydrogens is 356 g/mol. The smallest absolute Gasteiger partial charge is 0.240 e. The van der Waals surface area contributed by atoms with Crippen molar-refractivity contribution in [1.82, 2.24) is 9.71 Å². The monoisotopic (exact) mass is 370 g/mol. The van der Waals surface area contributed by atoms with Gasteiger partial charge in [-0.15, -0.1) is 0 Å². The first kappa shape index (κ1) is 15.9. The number of nitrogens with one attached hydrogen (secondary N) is 1. The molecule has 112 valence electrons. The Balaban J connectivity index is 2.19. The fourth-order valence-corrected chi connectivity index (χ4v) is 3.48. The molecule has 0 aliphatic carbocycles. The minimum absolute atomic E-state index is 0.178. The van der Waals surface area contributed by atoms with Gasteiger partial charge >= 0.3 is 0 Å². The quantitative estimate of drug-likeness (QED) is 0.878. The first-order valence-corrected chi connectivity index (χ1v) is 8.44. The van der Waals surface area contributed by atoms with Gasteiger partial charge in [-0.25, -0.2) is 13.1 Å². The van der Waals surface area contributed by atoms with Crippen molar-refractivity contribution < 1.29 is 13.2 Å². The maximum Gasteiger partial charge on any atom is 0.240 e. The van der Waals surface area contributed by atoms with E-state index in [1.165, 1.54) is 19.2 Å². The van der Waals surface area contributed by atoms with Crippen LogP contribution in [-0.4, -0.2) is 20.5 Å². The summed E-state index contributed by atoms with van der Waals surface area (Å²) in [5.74, 6) is 0.581. The second kappa shape index (κ2) is 6.55. The van der Waals surface area contributed by atoms with Gasteiger partial charge in [0.1, 0.15) is 5.75 Å². The molecule has 1 N–H and O–H groups in total. The summed E-state index contributed by atoms with van der Waals surface area (Å²) < 4.78 is 32.8. The molecule has 1 heterocycles. The highest BCUT2D eigenvalue weighted by atomic mass is 79.9. The van der Waals surface area contributed by atoms with Crippen LogP contribution in [0.2, 0.25) is 0 Å². The lowest BCUT2D eigenvalue weighted by atomic mass is 10.2. The molecule has 7 heteroatoms. The molecule has 2 aromatic rings. The van der Waals surface area contributed by atoms with Crippen LogP contribution in [0.3, 0.4) is 0 Å². The molecule has 1 aromatic carbocycles. The predicted molar refractivity (Wildman–Crippen MR) is 83.7 cm³/mol. The number of pyridine rings is 1. The number of rotatable bonds is 5. The van der Waals surface area contributed by atoms with E-state index in [0.29, 0.717) is 10.2 Å². The molecule has 2 rings (SSSR count). The van der Waals surface area contributed by atoms with Gasteiger partial charge in [-0.3, -0.25) is 4.98 Å². The number of aromatic nitrogens is 1. The van der Waals surface area contributed by atoms with Crippen molar-refractivity contribution in [3.8, 4) is 5.75 Å². The second-order valence-corrected chi connectivity index (χ2v) is 7.04. The summed E-state index contributed by atoms with van der Waals surface area (Å²) in [6.45, 7) is 2.11. The number of methoxy groups -OCH3 is 1. The lowest BCUT2D eigenvalue weighted by Crippen LogP contribution is -2.23. The number of ether oxygens (including phenoxy) is 1. The zero-order valence-electron chi connectivity index (χ0n) is 11.6. The Bertz CT molecular complexity index is 748. The first-order valence-electron chi connectivity index (χ1n) is 6.17. The Morgan fingerprint density at radius 3 is 2.71 bits per heavy atom. The molecule has 0 bridgehead atoms. The zero-order chi connectivity index (χ0) is 15.5. The van der Waals surface area contributed by atoms with Crippen LogP contribution in [0.25, 0.3) is 0 Å². The molecule has 0 aliphatic heterocycles. The average Bonchev–Trinajstić information content (AvgIpc) is 2.46. The molecule has 0 saturated heterocycles. The first-order chi connectivity index (χ1) is 9.94. The molecule has 5 nitrogen and oxygen atoms in total. The number of hydrogen-bond acceptors (Lipinski definition) is 4. The van der Waals surface area contributed by atoms with Gasteiger partial charge in [0.15, 0.2) is 0 Å². The van der Waals surface area contributed by atoms with Crippen LogP contribution in [-0.2, 0) is 16.6 Å². The van der Waals surface area contributed by atoms with Gasteiger partial charge in [-0.05, 0) is 58.2 Å². The summed E-state index contributed by atoms with van der Waals surface area (Å²) in [5, 5.41) is 0. The van der Waals surface area contributed by atoms with E-state index in [-0.39, 0.29) is 11.4 Å². The van der Waals surface area contributed by atoms with Crippen LogP contribution in [0, 0.1) is 6.92 Å². The van der Waals surface area contributed by atoms with Crippen LogP contribution in [0.4, 0.5) is 0 Å². The van der Waals surface area contributed by atoms with Crippen molar-refractivity contribution in [2.75, 3.05) is 7.11 Å². The Labute approximate surface area is 132 Å². The number of aryl methyl sites for hydroxylation is 1. The third kappa shape index (κ3) is 3.81. The van der Waals surface area contributed by atoms with Crippen LogP contribution in [0.1, 0.15) is 11.1 Å². The largest absolute Gasteiger partial charge is 0.496 e. The van der Waals surface area contributed by atoms with Gasteiger partial charge in [0.25, 0.3) is 0 Å². The summed E-state index contributed by atoms with van der Waals surface area (Å²) >= 11 is 3.28. The Morgan fingerprint density at radius 1 is 1.33 bits per heavy atom. The fourth-order valence-electron chi connectivity index (χ4n) is 1.75. The Kier molecular flexibility index (Phi) is 4.97. The van der Waals surface area contributed by atoms with E-state index in [4.69, 9.17) is 4.74 Å². The van der Waals surface area contributed by atoms with Gasteiger partial charge in [0.05, 0.1) is 16.5 Å². The van der Waals surface area contributed by atoms with Crippen LogP contribution >= 0.6 is 15.9 Å². The van der Waals surface area contributed by atoms with Crippen molar-refractivity contribution >= 4 is 26.0 Å². The van der Waals surface area contributed by atoms with Gasteiger partial charge in [-0.2, -0.15) is 0 Å². The average molecular weight is 371 g/mol. The predicted octanol–water partition coefficient (Wildman–Crippen LogP) is 2.64. The second-order valence-electron chi connectivity index (χ2n) is 4.42. The molecule has 0 aliphatic rings. The third-order valence-electron chi connectivity index (χ3n) is 3.03. The fraction of sp³-hybridized carbons (Fsp3) is 0.214. The van der Waals surface area contributed by atoms with Gasteiger partial charge in [0, 0.05) is 18.9 Å². The molecule has 0 atom stereocenters. The van der Waals surface area contributed by atoms with E-state index in [0.717, 1.165) is 11.1 Å². The normalized spacial score (nSPS) is 11.4. The van der Waals surface area contributed by atoms with Crippen molar-refractivity contribution in [3.63, 3.8) is 0 Å². The molecule has 0 amide bonds. The molecular formula is C14H15BrN2O3S. The van der Waals surface area contributed by atoms with Gasteiger partial charge < -0.3 is 4.74 Å². The molecule has 0 saturated carbocycles. The zero-order valence-corrected chi connectivity index (χ0v) is 14.0. The highest BCUT2D eigenvalue weighted by molar-refractivity contribution is 9.10. The number of hydrogen-bond donors (Lipinski definition) is 1. The van der Waals surface area contributed by atoms with E-state index >= 15 is 0 Å². The van der Waals surface area contributed by atoms with E-state index < -0.39 is 10.0 Å². The van der Waals surface area contributed by atoms with Gasteiger partial charge in [0.2, 0.25) is 10.0 Å². The summed E-state index contributed by atoms with van der Waals surface area (Å²) in [5.41, 5.74) is 1.83. The number of sulfonamides is 1. The van der Waals surface area contributed by atoms with Crippen LogP contribution in [0.5, 0.6) is 5.75 Å².